The summed E-state index contributed by atoms with van der Waals surface area (Å²) in [4.78, 5) is 34.7. The second kappa shape index (κ2) is 9.71. The molecule has 0 radical (unpaired) electrons. The molecule has 0 saturated carbocycles. The standard InChI is InChI=1S/C27H28N4O3S/c1-18-12-19(2)14-21(13-18)28-27-29(3)26(33)24(35-27)15-20-16-31(23-7-5-4-6-22(20)23)17-25(32)30-8-10-34-11-9-30/h4-7,12-16H,8-11,17H2,1-3H3/b24-15-,28-27?. The molecule has 2 aliphatic rings. The van der Waals surface area contributed by atoms with E-state index >= 15 is 0 Å². The van der Waals surface area contributed by atoms with Gasteiger partial charge >= 0.3 is 0 Å². The molecule has 0 atom stereocenters. The molecule has 2 saturated heterocycles. The van der Waals surface area contributed by atoms with E-state index in [4.69, 9.17) is 9.73 Å². The fraction of sp³-hybridized carbons (Fsp3) is 0.296. The fourth-order valence-electron chi connectivity index (χ4n) is 4.50. The van der Waals surface area contributed by atoms with Crippen molar-refractivity contribution in [1.82, 2.24) is 14.4 Å². The predicted octanol–water partition coefficient (Wildman–Crippen LogP) is 4.35. The maximum Gasteiger partial charge on any atom is 0.266 e. The Kier molecular flexibility index (Phi) is 6.49. The van der Waals surface area contributed by atoms with Crippen LogP contribution in [-0.4, -0.2) is 64.7 Å². The van der Waals surface area contributed by atoms with Crippen LogP contribution in [0.2, 0.25) is 0 Å². The topological polar surface area (TPSA) is 67.1 Å². The van der Waals surface area contributed by atoms with Crippen LogP contribution in [0.25, 0.3) is 17.0 Å². The molecule has 180 valence electrons. The van der Waals surface area contributed by atoms with Gasteiger partial charge in [-0.15, -0.1) is 0 Å². The third kappa shape index (κ3) is 4.90. The van der Waals surface area contributed by atoms with Crippen LogP contribution in [0, 0.1) is 13.8 Å². The van der Waals surface area contributed by atoms with Crippen molar-refractivity contribution in [1.29, 1.82) is 0 Å². The van der Waals surface area contributed by atoms with Crippen LogP contribution in [0.3, 0.4) is 0 Å². The highest BCUT2D eigenvalue weighted by Crippen LogP contribution is 2.35. The number of amides is 2. The van der Waals surface area contributed by atoms with Crippen molar-refractivity contribution in [3.8, 4) is 0 Å². The Balaban J connectivity index is 1.45. The number of carbonyl (C=O) groups is 2. The summed E-state index contributed by atoms with van der Waals surface area (Å²) in [5.41, 5.74) is 4.98. The Morgan fingerprint density at radius 2 is 1.83 bits per heavy atom. The highest BCUT2D eigenvalue weighted by atomic mass is 32.2. The summed E-state index contributed by atoms with van der Waals surface area (Å²) in [6.07, 6.45) is 3.87. The van der Waals surface area contributed by atoms with Gasteiger partial charge in [0.2, 0.25) is 5.91 Å². The van der Waals surface area contributed by atoms with E-state index in [1.54, 1.807) is 11.9 Å². The number of para-hydroxylation sites is 1. The molecular formula is C27H28N4O3S. The minimum atomic E-state index is -0.0839. The van der Waals surface area contributed by atoms with Gasteiger partial charge in [0.05, 0.1) is 23.8 Å². The Morgan fingerprint density at radius 1 is 1.11 bits per heavy atom. The number of morpholine rings is 1. The normalized spacial score (nSPS) is 18.9. The minimum absolute atomic E-state index is 0.0715. The lowest BCUT2D eigenvalue weighted by molar-refractivity contribution is -0.135. The van der Waals surface area contributed by atoms with Crippen molar-refractivity contribution in [3.63, 3.8) is 0 Å². The molecule has 5 rings (SSSR count). The summed E-state index contributed by atoms with van der Waals surface area (Å²) in [6.45, 7) is 6.73. The summed E-state index contributed by atoms with van der Waals surface area (Å²) in [7, 11) is 1.75. The number of aliphatic imine (C=N–C) groups is 1. The number of amidine groups is 1. The second-order valence-corrected chi connectivity index (χ2v) is 9.95. The second-order valence-electron chi connectivity index (χ2n) is 8.94. The summed E-state index contributed by atoms with van der Waals surface area (Å²) in [5, 5.41) is 1.66. The zero-order valence-electron chi connectivity index (χ0n) is 20.2. The lowest BCUT2D eigenvalue weighted by atomic mass is 10.1. The van der Waals surface area contributed by atoms with E-state index in [1.807, 2.05) is 72.0 Å². The van der Waals surface area contributed by atoms with Crippen LogP contribution in [0.15, 0.2) is 58.6 Å². The first-order chi connectivity index (χ1) is 16.9. The molecule has 0 bridgehead atoms. The van der Waals surface area contributed by atoms with Crippen LogP contribution < -0.4 is 0 Å². The molecule has 2 amide bonds. The number of aromatic nitrogens is 1. The molecule has 0 aliphatic carbocycles. The van der Waals surface area contributed by atoms with Gasteiger partial charge in [-0.25, -0.2) is 4.99 Å². The molecule has 0 spiro atoms. The Labute approximate surface area is 209 Å². The number of hydrogen-bond acceptors (Lipinski definition) is 5. The predicted molar refractivity (Wildman–Crippen MR) is 141 cm³/mol. The van der Waals surface area contributed by atoms with Crippen molar-refractivity contribution in [2.75, 3.05) is 33.4 Å². The molecule has 2 fully saturated rings. The molecule has 0 unspecified atom stereocenters. The van der Waals surface area contributed by atoms with Gasteiger partial charge in [0.1, 0.15) is 6.54 Å². The number of nitrogens with zero attached hydrogens (tertiary/aromatic N) is 4. The van der Waals surface area contributed by atoms with Crippen LogP contribution in [-0.2, 0) is 20.9 Å². The maximum atomic E-state index is 13.0. The van der Waals surface area contributed by atoms with E-state index in [-0.39, 0.29) is 18.4 Å². The number of benzene rings is 2. The van der Waals surface area contributed by atoms with E-state index in [1.165, 1.54) is 11.8 Å². The van der Waals surface area contributed by atoms with Crippen LogP contribution in [0.5, 0.6) is 0 Å². The van der Waals surface area contributed by atoms with Gasteiger partial charge in [0.15, 0.2) is 5.17 Å². The number of ether oxygens (including phenoxy) is 1. The summed E-state index contributed by atoms with van der Waals surface area (Å²) in [6, 6.07) is 14.1. The first kappa shape index (κ1) is 23.4. The molecule has 7 nitrogen and oxygen atoms in total. The summed E-state index contributed by atoms with van der Waals surface area (Å²) < 4.78 is 7.34. The van der Waals surface area contributed by atoms with Crippen molar-refractivity contribution < 1.29 is 14.3 Å². The number of likely N-dealkylation sites (N-methyl/N-ethyl adjacent to an activating group) is 1. The zero-order valence-corrected chi connectivity index (χ0v) is 21.0. The fourth-order valence-corrected chi connectivity index (χ4v) is 5.48. The number of fused-ring (bicyclic) bond motifs is 1. The number of hydrogen-bond donors (Lipinski definition) is 0. The third-order valence-corrected chi connectivity index (χ3v) is 7.27. The van der Waals surface area contributed by atoms with Gasteiger partial charge in [-0.05, 0) is 61.0 Å². The molecule has 3 aromatic rings. The van der Waals surface area contributed by atoms with Gasteiger partial charge < -0.3 is 14.2 Å². The van der Waals surface area contributed by atoms with Gasteiger partial charge in [0, 0.05) is 42.8 Å². The Hall–Kier alpha value is -3.36. The monoisotopic (exact) mass is 488 g/mol. The first-order valence-electron chi connectivity index (χ1n) is 11.7. The molecular weight excluding hydrogens is 460 g/mol. The SMILES string of the molecule is Cc1cc(C)cc(N=C2S/C(=C\c3cn(CC(=O)N4CCOCC4)c4ccccc34)C(=O)N2C)c1. The van der Waals surface area contributed by atoms with Gasteiger partial charge in [0.25, 0.3) is 5.91 Å². The van der Waals surface area contributed by atoms with Crippen LogP contribution in [0.1, 0.15) is 16.7 Å². The summed E-state index contributed by atoms with van der Waals surface area (Å²) in [5.74, 6) is -0.0125. The highest BCUT2D eigenvalue weighted by Gasteiger charge is 2.31. The van der Waals surface area contributed by atoms with Crippen molar-refractivity contribution in [2.24, 2.45) is 4.99 Å². The van der Waals surface area contributed by atoms with E-state index in [2.05, 4.69) is 6.07 Å². The van der Waals surface area contributed by atoms with Gasteiger partial charge in [-0.1, -0.05) is 24.3 Å². The highest BCUT2D eigenvalue weighted by molar-refractivity contribution is 8.18. The van der Waals surface area contributed by atoms with E-state index in [0.717, 1.165) is 33.3 Å². The average molecular weight is 489 g/mol. The summed E-state index contributed by atoms with van der Waals surface area (Å²) >= 11 is 1.37. The largest absolute Gasteiger partial charge is 0.378 e. The quantitative estimate of drug-likeness (QED) is 0.512. The van der Waals surface area contributed by atoms with Crippen LogP contribution in [0.4, 0.5) is 5.69 Å². The first-order valence-corrected chi connectivity index (χ1v) is 12.5. The molecule has 2 aromatic carbocycles. The lowest BCUT2D eigenvalue weighted by Gasteiger charge is -2.27. The van der Waals surface area contributed by atoms with E-state index in [0.29, 0.717) is 36.4 Å². The van der Waals surface area contributed by atoms with E-state index in [9.17, 15) is 9.59 Å². The molecule has 1 aromatic heterocycles. The minimum Gasteiger partial charge on any atom is -0.378 e. The number of aryl methyl sites for hydroxylation is 2. The van der Waals surface area contributed by atoms with Crippen LogP contribution >= 0.6 is 11.8 Å². The number of thioether (sulfide) groups is 1. The average Bonchev–Trinajstić information content (AvgIpc) is 3.31. The molecule has 2 aliphatic heterocycles. The number of carbonyl (C=O) groups excluding carboxylic acids is 2. The maximum absolute atomic E-state index is 13.0. The molecule has 35 heavy (non-hydrogen) atoms. The van der Waals surface area contributed by atoms with E-state index < -0.39 is 0 Å². The molecule has 3 heterocycles. The smallest absolute Gasteiger partial charge is 0.266 e. The Morgan fingerprint density at radius 3 is 2.57 bits per heavy atom. The lowest BCUT2D eigenvalue weighted by Crippen LogP contribution is -2.42. The van der Waals surface area contributed by atoms with Crippen molar-refractivity contribution >= 4 is 51.4 Å². The van der Waals surface area contributed by atoms with Gasteiger partial charge in [-0.2, -0.15) is 0 Å². The Bertz CT molecular complexity index is 1350. The van der Waals surface area contributed by atoms with Crippen molar-refractivity contribution in [2.45, 2.75) is 20.4 Å². The van der Waals surface area contributed by atoms with Gasteiger partial charge in [-0.3, -0.25) is 14.5 Å². The van der Waals surface area contributed by atoms with Crippen molar-refractivity contribution in [3.05, 3.63) is 70.3 Å². The molecule has 8 heteroatoms. The zero-order chi connectivity index (χ0) is 24.5. The molecule has 0 N–H and O–H groups in total. The number of rotatable bonds is 4. The third-order valence-electron chi connectivity index (χ3n) is 6.21.